The van der Waals surface area contributed by atoms with Crippen LogP contribution in [-0.2, 0) is 13.5 Å². The molecule has 0 spiro atoms. The maximum atomic E-state index is 12.0. The number of nitrogens with one attached hydrogen (secondary N) is 1. The minimum atomic E-state index is -0.705. The molecule has 1 aromatic heterocycles. The Morgan fingerprint density at radius 3 is 2.65 bits per heavy atom. The zero-order chi connectivity index (χ0) is 13.2. The first kappa shape index (κ1) is 13.6. The van der Waals surface area contributed by atoms with Crippen molar-refractivity contribution in [2.75, 3.05) is 0 Å². The van der Waals surface area contributed by atoms with E-state index >= 15 is 0 Å². The maximum Gasteiger partial charge on any atom is 0.270 e. The molecule has 0 aliphatic carbocycles. The largest absolute Gasteiger partial charge is 0.391 e. The van der Waals surface area contributed by atoms with Gasteiger partial charge in [0.2, 0.25) is 0 Å². The van der Waals surface area contributed by atoms with Gasteiger partial charge < -0.3 is 11.1 Å². The van der Waals surface area contributed by atoms with Crippen LogP contribution in [-0.4, -0.2) is 26.2 Å². The topological polar surface area (TPSA) is 72.9 Å². The van der Waals surface area contributed by atoms with Crippen LogP contribution >= 0.6 is 12.2 Å². The molecule has 1 aromatic rings. The number of nitrogens with zero attached hydrogens (tertiary/aromatic N) is 2. The lowest BCUT2D eigenvalue weighted by Gasteiger charge is -2.24. The quantitative estimate of drug-likeness (QED) is 0.779. The highest BCUT2D eigenvalue weighted by atomic mass is 32.1. The number of aryl methyl sites for hydroxylation is 2. The van der Waals surface area contributed by atoms with Crippen molar-refractivity contribution in [3.05, 3.63) is 17.5 Å². The lowest BCUT2D eigenvalue weighted by atomic mass is 10.1. The van der Waals surface area contributed by atoms with Gasteiger partial charge in [-0.1, -0.05) is 19.1 Å². The molecule has 0 aliphatic rings. The number of thiocarbonyl (C=S) groups is 1. The van der Waals surface area contributed by atoms with Crippen molar-refractivity contribution in [1.82, 2.24) is 15.1 Å². The molecular formula is C11H18N4OS. The van der Waals surface area contributed by atoms with E-state index in [2.05, 4.69) is 10.4 Å². The molecule has 0 aromatic carbocycles. The Bertz CT molecular complexity index is 450. The minimum absolute atomic E-state index is 0.225. The molecule has 0 saturated carbocycles. The number of hydrogen-bond donors (Lipinski definition) is 2. The predicted octanol–water partition coefficient (Wildman–Crippen LogP) is 0.777. The molecule has 6 heteroatoms. The molecule has 1 heterocycles. The molecule has 1 rings (SSSR count). The van der Waals surface area contributed by atoms with Gasteiger partial charge in [-0.05, 0) is 26.3 Å². The molecule has 94 valence electrons. The fraction of sp³-hybridized carbons (Fsp3) is 0.545. The van der Waals surface area contributed by atoms with Crippen molar-refractivity contribution >= 4 is 23.1 Å². The molecule has 17 heavy (non-hydrogen) atoms. The van der Waals surface area contributed by atoms with Gasteiger partial charge >= 0.3 is 0 Å². The molecule has 5 nitrogen and oxygen atoms in total. The molecule has 0 aliphatic heterocycles. The Balaban J connectivity index is 2.90. The summed E-state index contributed by atoms with van der Waals surface area (Å²) in [6.07, 6.45) is 0.791. The second-order valence-electron chi connectivity index (χ2n) is 4.44. The van der Waals surface area contributed by atoms with Crippen LogP contribution in [0.3, 0.4) is 0 Å². The molecule has 0 saturated heterocycles. The molecule has 1 amide bonds. The molecule has 0 fully saturated rings. The summed E-state index contributed by atoms with van der Waals surface area (Å²) in [6, 6.07) is 1.77. The first-order valence-corrected chi connectivity index (χ1v) is 5.84. The second kappa shape index (κ2) is 4.83. The van der Waals surface area contributed by atoms with E-state index in [9.17, 15) is 4.79 Å². The van der Waals surface area contributed by atoms with Crippen molar-refractivity contribution in [2.45, 2.75) is 32.7 Å². The summed E-state index contributed by atoms with van der Waals surface area (Å²) in [6.45, 7) is 5.53. The van der Waals surface area contributed by atoms with E-state index in [0.29, 0.717) is 5.69 Å². The monoisotopic (exact) mass is 254 g/mol. The Labute approximate surface area is 106 Å². The van der Waals surface area contributed by atoms with E-state index in [1.54, 1.807) is 31.6 Å². The van der Waals surface area contributed by atoms with Gasteiger partial charge in [0.25, 0.3) is 5.91 Å². The summed E-state index contributed by atoms with van der Waals surface area (Å²) in [4.78, 5) is 12.3. The van der Waals surface area contributed by atoms with E-state index in [4.69, 9.17) is 18.0 Å². The number of carbonyl (C=O) groups excluding carboxylic acids is 1. The summed E-state index contributed by atoms with van der Waals surface area (Å²) in [5.74, 6) is -0.225. The van der Waals surface area contributed by atoms with Gasteiger partial charge in [0.05, 0.1) is 16.2 Å². The van der Waals surface area contributed by atoms with Gasteiger partial charge in [0.15, 0.2) is 0 Å². The van der Waals surface area contributed by atoms with Crippen LogP contribution in [0.15, 0.2) is 6.07 Å². The minimum Gasteiger partial charge on any atom is -0.391 e. The maximum absolute atomic E-state index is 12.0. The number of hydrogen-bond acceptors (Lipinski definition) is 3. The summed E-state index contributed by atoms with van der Waals surface area (Å²) >= 11 is 4.90. The van der Waals surface area contributed by atoms with Crippen LogP contribution in [0.1, 0.15) is 37.0 Å². The highest BCUT2D eigenvalue weighted by Crippen LogP contribution is 2.08. The Morgan fingerprint density at radius 2 is 2.24 bits per heavy atom. The van der Waals surface area contributed by atoms with Crippen LogP contribution in [0.25, 0.3) is 0 Å². The van der Waals surface area contributed by atoms with Crippen molar-refractivity contribution in [3.63, 3.8) is 0 Å². The van der Waals surface area contributed by atoms with E-state index in [1.807, 2.05) is 6.92 Å². The number of nitrogens with two attached hydrogens (primary N) is 1. The Kier molecular flexibility index (Phi) is 3.87. The van der Waals surface area contributed by atoms with Crippen LogP contribution in [0.2, 0.25) is 0 Å². The predicted molar refractivity (Wildman–Crippen MR) is 70.9 cm³/mol. The number of amides is 1. The molecule has 0 radical (unpaired) electrons. The van der Waals surface area contributed by atoms with Crippen molar-refractivity contribution in [1.29, 1.82) is 0 Å². The van der Waals surface area contributed by atoms with E-state index in [-0.39, 0.29) is 10.9 Å². The molecular weight excluding hydrogens is 236 g/mol. The van der Waals surface area contributed by atoms with Gasteiger partial charge in [-0.2, -0.15) is 5.10 Å². The van der Waals surface area contributed by atoms with Crippen molar-refractivity contribution in [3.8, 4) is 0 Å². The first-order chi connectivity index (χ1) is 7.77. The average Bonchev–Trinajstić information content (AvgIpc) is 2.58. The van der Waals surface area contributed by atoms with Crippen LogP contribution in [0, 0.1) is 0 Å². The summed E-state index contributed by atoms with van der Waals surface area (Å²) in [5, 5.41) is 7.00. The fourth-order valence-electron chi connectivity index (χ4n) is 1.32. The smallest absolute Gasteiger partial charge is 0.270 e. The summed E-state index contributed by atoms with van der Waals surface area (Å²) < 4.78 is 1.56. The van der Waals surface area contributed by atoms with Gasteiger partial charge in [0.1, 0.15) is 5.69 Å². The third kappa shape index (κ3) is 3.03. The van der Waals surface area contributed by atoms with Crippen LogP contribution in [0.4, 0.5) is 0 Å². The zero-order valence-electron chi connectivity index (χ0n) is 10.6. The number of aromatic nitrogens is 2. The SMILES string of the molecule is CCc1cc(C(=O)NC(C)(C)C(N)=S)n(C)n1. The van der Waals surface area contributed by atoms with E-state index < -0.39 is 5.54 Å². The number of carbonyl (C=O) groups is 1. The molecule has 0 bridgehead atoms. The highest BCUT2D eigenvalue weighted by Gasteiger charge is 2.25. The zero-order valence-corrected chi connectivity index (χ0v) is 11.4. The van der Waals surface area contributed by atoms with Gasteiger partial charge in [-0.25, -0.2) is 0 Å². The fourth-order valence-corrected chi connectivity index (χ4v) is 1.37. The molecule has 0 atom stereocenters. The van der Waals surface area contributed by atoms with E-state index in [1.165, 1.54) is 0 Å². The second-order valence-corrected chi connectivity index (χ2v) is 4.88. The van der Waals surface area contributed by atoms with Gasteiger partial charge in [0, 0.05) is 7.05 Å². The average molecular weight is 254 g/mol. The normalized spacial score (nSPS) is 11.3. The number of rotatable bonds is 4. The van der Waals surface area contributed by atoms with Crippen molar-refractivity contribution in [2.24, 2.45) is 12.8 Å². The van der Waals surface area contributed by atoms with Gasteiger partial charge in [-0.15, -0.1) is 0 Å². The highest BCUT2D eigenvalue weighted by molar-refractivity contribution is 7.80. The lowest BCUT2D eigenvalue weighted by Crippen LogP contribution is -2.52. The Morgan fingerprint density at radius 1 is 1.65 bits per heavy atom. The standard InChI is InChI=1S/C11H18N4OS/c1-5-7-6-8(15(4)14-7)9(16)13-11(2,3)10(12)17/h6H,5H2,1-4H3,(H2,12,17)(H,13,16). The summed E-state index contributed by atoms with van der Waals surface area (Å²) in [5.41, 5.74) is 6.24. The van der Waals surface area contributed by atoms with E-state index in [0.717, 1.165) is 12.1 Å². The Hall–Kier alpha value is -1.43. The lowest BCUT2D eigenvalue weighted by molar-refractivity contribution is 0.0922. The summed E-state index contributed by atoms with van der Waals surface area (Å²) in [7, 11) is 1.74. The van der Waals surface area contributed by atoms with Crippen molar-refractivity contribution < 1.29 is 4.79 Å². The molecule has 3 N–H and O–H groups in total. The van der Waals surface area contributed by atoms with Crippen LogP contribution in [0.5, 0.6) is 0 Å². The van der Waals surface area contributed by atoms with Gasteiger partial charge in [-0.3, -0.25) is 9.48 Å². The third-order valence-corrected chi connectivity index (χ3v) is 3.08. The molecule has 0 unspecified atom stereocenters. The third-order valence-electron chi connectivity index (χ3n) is 2.57. The first-order valence-electron chi connectivity index (χ1n) is 5.43. The van der Waals surface area contributed by atoms with Crippen LogP contribution < -0.4 is 11.1 Å².